The Kier molecular flexibility index (Phi) is 6.49. The fourth-order valence-electron chi connectivity index (χ4n) is 0.519. The molecular weight excluding hydrogens is 186 g/mol. The summed E-state index contributed by atoms with van der Waals surface area (Å²) in [5.41, 5.74) is 0. The van der Waals surface area contributed by atoms with Crippen molar-refractivity contribution in [2.75, 3.05) is 0 Å². The fourth-order valence-corrected chi connectivity index (χ4v) is 1.12. The minimum absolute atomic E-state index is 0.435. The zero-order valence-electron chi connectivity index (χ0n) is 6.93. The molecule has 0 aromatic rings. The average molecular weight is 195 g/mol. The Bertz CT molecular complexity index is 272. The van der Waals surface area contributed by atoms with Gasteiger partial charge in [-0.2, -0.15) is 5.26 Å². The number of hydrogen-bond donors (Lipinski definition) is 1. The van der Waals surface area contributed by atoms with E-state index >= 15 is 0 Å². The third-order valence-corrected chi connectivity index (χ3v) is 2.07. The van der Waals surface area contributed by atoms with E-state index in [2.05, 4.69) is 5.92 Å². The summed E-state index contributed by atoms with van der Waals surface area (Å²) in [6.07, 6.45) is 7.77. The van der Waals surface area contributed by atoms with Crippen LogP contribution in [0.1, 0.15) is 12.8 Å². The standard InChI is InChI=1S/C9H9NO2S/c1-2-8(9(11)12)13-7-5-3-4-6-10/h1,5,7-8H,3-4H2,(H,11,12). The number of carboxylic acids is 1. The Morgan fingerprint density at radius 2 is 2.46 bits per heavy atom. The zero-order valence-corrected chi connectivity index (χ0v) is 7.75. The molecule has 3 nitrogen and oxygen atoms in total. The second-order valence-corrected chi connectivity index (χ2v) is 3.11. The van der Waals surface area contributed by atoms with Gasteiger partial charge in [-0.1, -0.05) is 12.0 Å². The van der Waals surface area contributed by atoms with Crippen LogP contribution in [0.15, 0.2) is 11.5 Å². The lowest BCUT2D eigenvalue weighted by Gasteiger charge is -1.98. The molecule has 0 aliphatic heterocycles. The summed E-state index contributed by atoms with van der Waals surface area (Å²) in [5.74, 6) is 1.12. The van der Waals surface area contributed by atoms with Crippen LogP contribution in [0.5, 0.6) is 0 Å². The number of terminal acetylenes is 1. The number of aliphatic carboxylic acids is 1. The van der Waals surface area contributed by atoms with Crippen LogP contribution in [0.3, 0.4) is 0 Å². The zero-order chi connectivity index (χ0) is 10.1. The Morgan fingerprint density at radius 3 is 2.92 bits per heavy atom. The van der Waals surface area contributed by atoms with Gasteiger partial charge in [-0.25, -0.2) is 4.79 Å². The van der Waals surface area contributed by atoms with Crippen molar-refractivity contribution in [2.45, 2.75) is 18.1 Å². The van der Waals surface area contributed by atoms with E-state index in [1.54, 1.807) is 11.5 Å². The summed E-state index contributed by atoms with van der Waals surface area (Å²) >= 11 is 1.05. The van der Waals surface area contributed by atoms with Crippen molar-refractivity contribution in [3.8, 4) is 18.4 Å². The molecule has 0 rings (SSSR count). The maximum Gasteiger partial charge on any atom is 0.329 e. The maximum atomic E-state index is 10.4. The van der Waals surface area contributed by atoms with E-state index in [1.165, 1.54) is 0 Å². The summed E-state index contributed by atoms with van der Waals surface area (Å²) in [7, 11) is 0. The molecule has 0 saturated heterocycles. The summed E-state index contributed by atoms with van der Waals surface area (Å²) in [6.45, 7) is 0. The van der Waals surface area contributed by atoms with Gasteiger partial charge < -0.3 is 5.11 Å². The predicted octanol–water partition coefficient (Wildman–Crippen LogP) is 1.62. The second-order valence-electron chi connectivity index (χ2n) is 2.09. The number of hydrogen-bond acceptors (Lipinski definition) is 3. The molecule has 0 aromatic heterocycles. The highest BCUT2D eigenvalue weighted by atomic mass is 32.2. The number of carboxylic acid groups (broad SMARTS) is 1. The van der Waals surface area contributed by atoms with E-state index < -0.39 is 11.2 Å². The van der Waals surface area contributed by atoms with E-state index in [9.17, 15) is 4.79 Å². The van der Waals surface area contributed by atoms with Gasteiger partial charge in [-0.3, -0.25) is 0 Å². The molecule has 1 atom stereocenters. The summed E-state index contributed by atoms with van der Waals surface area (Å²) in [6, 6.07) is 1.98. The molecule has 0 fully saturated rings. The van der Waals surface area contributed by atoms with Gasteiger partial charge in [-0.05, 0) is 11.8 Å². The minimum atomic E-state index is -1.02. The number of nitrogens with zero attached hydrogens (tertiary/aromatic N) is 1. The number of rotatable bonds is 5. The number of unbranched alkanes of at least 4 members (excludes halogenated alkanes) is 1. The Labute approximate surface area is 81.4 Å². The van der Waals surface area contributed by atoms with Crippen LogP contribution in [-0.2, 0) is 4.79 Å². The number of carbonyl (C=O) groups is 1. The van der Waals surface area contributed by atoms with Gasteiger partial charge in [0.25, 0.3) is 0 Å². The van der Waals surface area contributed by atoms with Crippen molar-refractivity contribution in [3.05, 3.63) is 11.5 Å². The van der Waals surface area contributed by atoms with Crippen LogP contribution in [0.4, 0.5) is 0 Å². The predicted molar refractivity (Wildman–Crippen MR) is 51.8 cm³/mol. The Morgan fingerprint density at radius 1 is 1.77 bits per heavy atom. The number of thioether (sulfide) groups is 1. The van der Waals surface area contributed by atoms with E-state index in [4.69, 9.17) is 16.8 Å². The normalized spacial score (nSPS) is 11.8. The van der Waals surface area contributed by atoms with E-state index in [-0.39, 0.29) is 0 Å². The third kappa shape index (κ3) is 5.84. The smallest absolute Gasteiger partial charge is 0.329 e. The first-order chi connectivity index (χ1) is 6.22. The van der Waals surface area contributed by atoms with Crippen LogP contribution in [0, 0.1) is 23.7 Å². The molecule has 68 valence electrons. The number of nitriles is 1. The van der Waals surface area contributed by atoms with Gasteiger partial charge >= 0.3 is 5.97 Å². The van der Waals surface area contributed by atoms with Crippen molar-refractivity contribution in [1.29, 1.82) is 5.26 Å². The van der Waals surface area contributed by atoms with Crippen LogP contribution < -0.4 is 0 Å². The van der Waals surface area contributed by atoms with Crippen molar-refractivity contribution in [2.24, 2.45) is 0 Å². The third-order valence-electron chi connectivity index (χ3n) is 1.11. The molecule has 0 aliphatic rings. The molecule has 0 aliphatic carbocycles. The molecule has 4 heteroatoms. The first kappa shape index (κ1) is 11.6. The largest absolute Gasteiger partial charge is 0.480 e. The van der Waals surface area contributed by atoms with Crippen molar-refractivity contribution in [3.63, 3.8) is 0 Å². The molecule has 0 heterocycles. The Balaban J connectivity index is 3.75. The van der Waals surface area contributed by atoms with E-state index in [0.29, 0.717) is 12.8 Å². The van der Waals surface area contributed by atoms with Gasteiger partial charge in [0.2, 0.25) is 0 Å². The highest BCUT2D eigenvalue weighted by Gasteiger charge is 2.11. The Hall–Kier alpha value is -1.39. The molecule has 0 radical (unpaired) electrons. The number of allylic oxidation sites excluding steroid dienone is 1. The lowest BCUT2D eigenvalue weighted by molar-refractivity contribution is -0.135. The topological polar surface area (TPSA) is 61.1 Å². The van der Waals surface area contributed by atoms with E-state index in [1.807, 2.05) is 6.07 Å². The molecular formula is C9H9NO2S. The molecule has 0 bridgehead atoms. The van der Waals surface area contributed by atoms with Crippen LogP contribution in [0.2, 0.25) is 0 Å². The first-order valence-corrected chi connectivity index (χ1v) is 4.53. The van der Waals surface area contributed by atoms with Crippen molar-refractivity contribution in [1.82, 2.24) is 0 Å². The lowest BCUT2D eigenvalue weighted by Crippen LogP contribution is -2.12. The second kappa shape index (κ2) is 7.27. The molecule has 13 heavy (non-hydrogen) atoms. The van der Waals surface area contributed by atoms with Gasteiger partial charge in [0, 0.05) is 6.42 Å². The molecule has 0 aromatic carbocycles. The summed E-state index contributed by atoms with van der Waals surface area (Å²) in [4.78, 5) is 10.4. The molecule has 0 saturated carbocycles. The van der Waals surface area contributed by atoms with Gasteiger partial charge in [0.15, 0.2) is 5.25 Å². The van der Waals surface area contributed by atoms with Crippen LogP contribution >= 0.6 is 11.8 Å². The maximum absolute atomic E-state index is 10.4. The quantitative estimate of drug-likeness (QED) is 0.535. The monoisotopic (exact) mass is 195 g/mol. The minimum Gasteiger partial charge on any atom is -0.480 e. The molecule has 0 spiro atoms. The fraction of sp³-hybridized carbons (Fsp3) is 0.333. The SMILES string of the molecule is C#CC(SC=CCCC#N)C(=O)O. The molecule has 1 unspecified atom stereocenters. The van der Waals surface area contributed by atoms with Crippen molar-refractivity contribution < 1.29 is 9.90 Å². The van der Waals surface area contributed by atoms with E-state index in [0.717, 1.165) is 11.8 Å². The lowest BCUT2D eigenvalue weighted by atomic mass is 10.3. The molecule has 1 N–H and O–H groups in total. The molecule has 0 amide bonds. The van der Waals surface area contributed by atoms with Gasteiger partial charge in [0.1, 0.15) is 0 Å². The highest BCUT2D eigenvalue weighted by Crippen LogP contribution is 2.12. The highest BCUT2D eigenvalue weighted by molar-refractivity contribution is 8.03. The van der Waals surface area contributed by atoms with Crippen LogP contribution in [-0.4, -0.2) is 16.3 Å². The average Bonchev–Trinajstić information content (AvgIpc) is 2.10. The summed E-state index contributed by atoms with van der Waals surface area (Å²) in [5, 5.41) is 17.5. The first-order valence-electron chi connectivity index (χ1n) is 3.58. The van der Waals surface area contributed by atoms with Crippen molar-refractivity contribution >= 4 is 17.7 Å². The van der Waals surface area contributed by atoms with Gasteiger partial charge in [0.05, 0.1) is 6.07 Å². The summed E-state index contributed by atoms with van der Waals surface area (Å²) < 4.78 is 0. The van der Waals surface area contributed by atoms with Crippen LogP contribution in [0.25, 0.3) is 0 Å². The van der Waals surface area contributed by atoms with Gasteiger partial charge in [-0.15, -0.1) is 18.2 Å².